The highest BCUT2D eigenvalue weighted by Gasteiger charge is 2.43. The van der Waals surface area contributed by atoms with Gasteiger partial charge in [0.2, 0.25) is 5.91 Å². The molecule has 2 aliphatic heterocycles. The number of benzene rings is 1. The maximum absolute atomic E-state index is 13.2. The van der Waals surface area contributed by atoms with Crippen molar-refractivity contribution in [3.63, 3.8) is 0 Å². The first-order chi connectivity index (χ1) is 13.8. The maximum atomic E-state index is 13.2. The van der Waals surface area contributed by atoms with E-state index in [1.807, 2.05) is 12.1 Å². The molecule has 1 aliphatic carbocycles. The minimum Gasteiger partial charge on any atom is -0.486 e. The quantitative estimate of drug-likeness (QED) is 0.728. The van der Waals surface area contributed by atoms with Crippen molar-refractivity contribution >= 4 is 5.91 Å². The fraction of sp³-hybridized carbons (Fsp3) is 0.682. The Morgan fingerprint density at radius 1 is 1.00 bits per heavy atom. The predicted octanol–water partition coefficient (Wildman–Crippen LogP) is 2.50. The number of nitrogens with one attached hydrogen (secondary N) is 1. The molecule has 1 amide bonds. The Hall–Kier alpha value is -1.79. The van der Waals surface area contributed by atoms with Crippen LogP contribution in [-0.2, 0) is 14.9 Å². The molecule has 4 rings (SSSR count). The van der Waals surface area contributed by atoms with Crippen molar-refractivity contribution in [3.05, 3.63) is 23.8 Å². The zero-order valence-corrected chi connectivity index (χ0v) is 16.7. The fourth-order valence-corrected chi connectivity index (χ4v) is 4.62. The third-order valence-electron chi connectivity index (χ3n) is 6.28. The van der Waals surface area contributed by atoms with Gasteiger partial charge in [0.25, 0.3) is 0 Å². The van der Waals surface area contributed by atoms with Gasteiger partial charge in [0.05, 0.1) is 18.6 Å². The zero-order valence-electron chi connectivity index (χ0n) is 16.7. The number of fused-ring (bicyclic) bond motifs is 1. The molecule has 1 N–H and O–H groups in total. The Kier molecular flexibility index (Phi) is 6.37. The van der Waals surface area contributed by atoms with Gasteiger partial charge in [0, 0.05) is 19.6 Å². The van der Waals surface area contributed by atoms with Crippen molar-refractivity contribution in [2.45, 2.75) is 43.9 Å². The standard InChI is InChI=1S/C22H32N2O4/c25-21(23-9-3-4-10-24-11-13-26-14-12-24)22(7-1-2-8-22)18-5-6-19-20(17-18)28-16-15-27-19/h5-6,17H,1-4,7-16H2,(H,23,25). The molecule has 154 valence electrons. The average Bonchev–Trinajstić information content (AvgIpc) is 3.25. The van der Waals surface area contributed by atoms with Gasteiger partial charge in [-0.05, 0) is 49.9 Å². The summed E-state index contributed by atoms with van der Waals surface area (Å²) in [6, 6.07) is 6.04. The lowest BCUT2D eigenvalue weighted by Crippen LogP contribution is -2.43. The van der Waals surface area contributed by atoms with E-state index in [1.54, 1.807) is 0 Å². The maximum Gasteiger partial charge on any atom is 0.230 e. The zero-order chi connectivity index (χ0) is 19.2. The molecule has 0 unspecified atom stereocenters. The number of hydrogen-bond acceptors (Lipinski definition) is 5. The second kappa shape index (κ2) is 9.14. The van der Waals surface area contributed by atoms with Gasteiger partial charge in [-0.3, -0.25) is 9.69 Å². The van der Waals surface area contributed by atoms with Crippen LogP contribution in [0.15, 0.2) is 18.2 Å². The van der Waals surface area contributed by atoms with Crippen molar-refractivity contribution in [3.8, 4) is 11.5 Å². The molecule has 0 atom stereocenters. The van der Waals surface area contributed by atoms with Gasteiger partial charge in [0.1, 0.15) is 13.2 Å². The molecule has 6 heteroatoms. The highest BCUT2D eigenvalue weighted by atomic mass is 16.6. The Labute approximate surface area is 167 Å². The van der Waals surface area contributed by atoms with Crippen LogP contribution in [0.25, 0.3) is 0 Å². The van der Waals surface area contributed by atoms with Crippen LogP contribution in [-0.4, -0.2) is 63.4 Å². The first kappa shape index (κ1) is 19.5. The van der Waals surface area contributed by atoms with E-state index in [0.717, 1.165) is 95.0 Å². The molecule has 2 heterocycles. The number of amides is 1. The van der Waals surface area contributed by atoms with E-state index in [1.165, 1.54) is 0 Å². The van der Waals surface area contributed by atoms with E-state index >= 15 is 0 Å². The van der Waals surface area contributed by atoms with E-state index in [0.29, 0.717) is 13.2 Å². The molecule has 2 fully saturated rings. The van der Waals surface area contributed by atoms with Gasteiger partial charge in [0.15, 0.2) is 11.5 Å². The van der Waals surface area contributed by atoms with Crippen LogP contribution < -0.4 is 14.8 Å². The molecule has 0 aromatic heterocycles. The summed E-state index contributed by atoms with van der Waals surface area (Å²) in [6.07, 6.45) is 6.13. The molecular weight excluding hydrogens is 356 g/mol. The first-order valence-electron chi connectivity index (χ1n) is 10.8. The van der Waals surface area contributed by atoms with Crippen LogP contribution in [0.4, 0.5) is 0 Å². The summed E-state index contributed by atoms with van der Waals surface area (Å²) in [5.41, 5.74) is 0.653. The van der Waals surface area contributed by atoms with Crippen molar-refractivity contribution in [2.75, 3.05) is 52.6 Å². The van der Waals surface area contributed by atoms with Crippen LogP contribution in [0.3, 0.4) is 0 Å². The van der Waals surface area contributed by atoms with Crippen LogP contribution in [0, 0.1) is 0 Å². The van der Waals surface area contributed by atoms with Crippen LogP contribution in [0.5, 0.6) is 11.5 Å². The molecular formula is C22H32N2O4. The lowest BCUT2D eigenvalue weighted by Gasteiger charge is -2.30. The molecule has 1 saturated heterocycles. The van der Waals surface area contributed by atoms with Gasteiger partial charge < -0.3 is 19.5 Å². The van der Waals surface area contributed by atoms with Crippen molar-refractivity contribution in [1.29, 1.82) is 0 Å². The molecule has 3 aliphatic rings. The minimum atomic E-state index is -0.417. The fourth-order valence-electron chi connectivity index (χ4n) is 4.62. The molecule has 0 radical (unpaired) electrons. The summed E-state index contributed by atoms with van der Waals surface area (Å²) in [7, 11) is 0. The number of rotatable bonds is 7. The molecule has 6 nitrogen and oxygen atoms in total. The van der Waals surface area contributed by atoms with Crippen molar-refractivity contribution in [1.82, 2.24) is 10.2 Å². The molecule has 1 saturated carbocycles. The summed E-state index contributed by atoms with van der Waals surface area (Å²) in [6.45, 7) is 6.73. The third-order valence-corrected chi connectivity index (χ3v) is 6.28. The largest absolute Gasteiger partial charge is 0.486 e. The van der Waals surface area contributed by atoms with Crippen molar-refractivity contribution < 1.29 is 19.0 Å². The van der Waals surface area contributed by atoms with Crippen LogP contribution in [0.2, 0.25) is 0 Å². The van der Waals surface area contributed by atoms with Gasteiger partial charge in [-0.15, -0.1) is 0 Å². The van der Waals surface area contributed by atoms with E-state index in [-0.39, 0.29) is 5.91 Å². The number of morpholine rings is 1. The van der Waals surface area contributed by atoms with E-state index < -0.39 is 5.41 Å². The number of unbranched alkanes of at least 4 members (excludes halogenated alkanes) is 1. The van der Waals surface area contributed by atoms with Gasteiger partial charge in [-0.2, -0.15) is 0 Å². The number of nitrogens with zero attached hydrogens (tertiary/aromatic N) is 1. The number of carbonyl (C=O) groups excluding carboxylic acids is 1. The SMILES string of the molecule is O=C(NCCCCN1CCOCC1)C1(c2ccc3c(c2)OCCO3)CCCC1. The monoisotopic (exact) mass is 388 g/mol. The molecule has 0 spiro atoms. The number of carbonyl (C=O) groups is 1. The Morgan fingerprint density at radius 2 is 1.75 bits per heavy atom. The average molecular weight is 389 g/mol. The number of hydrogen-bond donors (Lipinski definition) is 1. The molecule has 1 aromatic rings. The summed E-state index contributed by atoms with van der Waals surface area (Å²) in [5, 5.41) is 3.23. The van der Waals surface area contributed by atoms with Gasteiger partial charge >= 0.3 is 0 Å². The van der Waals surface area contributed by atoms with Gasteiger partial charge in [-0.1, -0.05) is 18.9 Å². The second-order valence-electron chi connectivity index (χ2n) is 8.06. The van der Waals surface area contributed by atoms with Crippen molar-refractivity contribution in [2.24, 2.45) is 0 Å². The normalized spacial score (nSPS) is 21.4. The lowest BCUT2D eigenvalue weighted by molar-refractivity contribution is -0.126. The summed E-state index contributed by atoms with van der Waals surface area (Å²) >= 11 is 0. The van der Waals surface area contributed by atoms with Crippen LogP contribution >= 0.6 is 0 Å². The lowest BCUT2D eigenvalue weighted by atomic mass is 9.77. The Bertz CT molecular complexity index is 667. The summed E-state index contributed by atoms with van der Waals surface area (Å²) < 4.78 is 16.8. The predicted molar refractivity (Wildman–Crippen MR) is 107 cm³/mol. The highest BCUT2D eigenvalue weighted by molar-refractivity contribution is 5.88. The van der Waals surface area contributed by atoms with E-state index in [2.05, 4.69) is 16.3 Å². The smallest absolute Gasteiger partial charge is 0.230 e. The first-order valence-corrected chi connectivity index (χ1v) is 10.8. The highest BCUT2D eigenvalue weighted by Crippen LogP contribution is 2.44. The Morgan fingerprint density at radius 3 is 2.54 bits per heavy atom. The van der Waals surface area contributed by atoms with E-state index in [9.17, 15) is 4.79 Å². The summed E-state index contributed by atoms with van der Waals surface area (Å²) in [5.74, 6) is 1.73. The van der Waals surface area contributed by atoms with E-state index in [4.69, 9.17) is 14.2 Å². The van der Waals surface area contributed by atoms with Crippen LogP contribution in [0.1, 0.15) is 44.1 Å². The molecule has 0 bridgehead atoms. The topological polar surface area (TPSA) is 60.0 Å². The Balaban J connectivity index is 1.32. The second-order valence-corrected chi connectivity index (χ2v) is 8.06. The summed E-state index contributed by atoms with van der Waals surface area (Å²) in [4.78, 5) is 15.6. The minimum absolute atomic E-state index is 0.174. The molecule has 28 heavy (non-hydrogen) atoms. The third kappa shape index (κ3) is 4.28. The number of ether oxygens (including phenoxy) is 3. The molecule has 1 aromatic carbocycles. The van der Waals surface area contributed by atoms with Gasteiger partial charge in [-0.25, -0.2) is 0 Å².